The SMILES string of the molecule is Cc1ccc(S(=O)(=O)N(Cc2ccccc2)C2([C@@H]3CCCN3)COC2)cc1. The number of hydrogen-bond donors (Lipinski definition) is 1. The van der Waals surface area contributed by atoms with Gasteiger partial charge in [0, 0.05) is 12.6 Å². The molecule has 0 radical (unpaired) electrons. The standard InChI is InChI=1S/C21H26N2O3S/c1-17-9-11-19(12-10-17)27(24,25)23(14-18-6-3-2-4-7-18)21(15-26-16-21)20-8-5-13-22-20/h2-4,6-7,9-12,20,22H,5,8,13-16H2,1H3/t20-/m0/s1. The summed E-state index contributed by atoms with van der Waals surface area (Å²) in [6.45, 7) is 4.10. The largest absolute Gasteiger partial charge is 0.377 e. The lowest BCUT2D eigenvalue weighted by atomic mass is 9.86. The highest BCUT2D eigenvalue weighted by Gasteiger charge is 2.55. The first kappa shape index (κ1) is 18.6. The summed E-state index contributed by atoms with van der Waals surface area (Å²) >= 11 is 0. The van der Waals surface area contributed by atoms with Crippen molar-refractivity contribution in [1.29, 1.82) is 0 Å². The van der Waals surface area contributed by atoms with Gasteiger partial charge in [-0.25, -0.2) is 8.42 Å². The summed E-state index contributed by atoms with van der Waals surface area (Å²) in [4.78, 5) is 0.341. The van der Waals surface area contributed by atoms with Crippen molar-refractivity contribution in [3.8, 4) is 0 Å². The summed E-state index contributed by atoms with van der Waals surface area (Å²) in [6, 6.07) is 17.0. The molecule has 0 spiro atoms. The van der Waals surface area contributed by atoms with Crippen molar-refractivity contribution >= 4 is 10.0 Å². The molecule has 5 nitrogen and oxygen atoms in total. The van der Waals surface area contributed by atoms with Crippen LogP contribution in [0.3, 0.4) is 0 Å². The molecule has 0 saturated carbocycles. The molecule has 2 fully saturated rings. The number of benzene rings is 2. The first-order chi connectivity index (χ1) is 13.0. The molecule has 2 aromatic rings. The topological polar surface area (TPSA) is 58.6 Å². The Morgan fingerprint density at radius 1 is 1.11 bits per heavy atom. The molecule has 0 aromatic heterocycles. The van der Waals surface area contributed by atoms with Crippen molar-refractivity contribution < 1.29 is 13.2 Å². The summed E-state index contributed by atoms with van der Waals surface area (Å²) in [6.07, 6.45) is 2.04. The molecule has 1 N–H and O–H groups in total. The molecule has 27 heavy (non-hydrogen) atoms. The van der Waals surface area contributed by atoms with Crippen LogP contribution in [0.25, 0.3) is 0 Å². The molecular formula is C21H26N2O3S. The van der Waals surface area contributed by atoms with Crippen LogP contribution in [0, 0.1) is 6.92 Å². The van der Waals surface area contributed by atoms with E-state index in [1.54, 1.807) is 16.4 Å². The van der Waals surface area contributed by atoms with E-state index in [0.717, 1.165) is 30.5 Å². The highest BCUT2D eigenvalue weighted by Crippen LogP contribution is 2.38. The fourth-order valence-corrected chi connectivity index (χ4v) is 5.81. The molecule has 2 aliphatic heterocycles. The zero-order chi connectivity index (χ0) is 18.9. The minimum Gasteiger partial charge on any atom is -0.377 e. The van der Waals surface area contributed by atoms with E-state index in [-0.39, 0.29) is 6.04 Å². The fourth-order valence-electron chi connectivity index (χ4n) is 4.04. The normalized spacial score (nSPS) is 21.9. The Bertz CT molecular complexity index is 871. The molecule has 0 unspecified atom stereocenters. The average Bonchev–Trinajstić information content (AvgIpc) is 3.16. The Kier molecular flexibility index (Phi) is 5.07. The molecule has 0 amide bonds. The quantitative estimate of drug-likeness (QED) is 0.829. The highest BCUT2D eigenvalue weighted by atomic mass is 32.2. The van der Waals surface area contributed by atoms with Crippen molar-refractivity contribution in [2.45, 2.75) is 42.8 Å². The van der Waals surface area contributed by atoms with Crippen LogP contribution in [0.2, 0.25) is 0 Å². The lowest BCUT2D eigenvalue weighted by molar-refractivity contribution is -0.129. The van der Waals surface area contributed by atoms with Gasteiger partial charge in [0.15, 0.2) is 0 Å². The second-order valence-electron chi connectivity index (χ2n) is 7.56. The lowest BCUT2D eigenvalue weighted by Gasteiger charge is -2.52. The van der Waals surface area contributed by atoms with Crippen LogP contribution in [0.1, 0.15) is 24.0 Å². The van der Waals surface area contributed by atoms with Gasteiger partial charge in [-0.2, -0.15) is 4.31 Å². The van der Waals surface area contributed by atoms with Gasteiger partial charge in [-0.3, -0.25) is 0 Å². The summed E-state index contributed by atoms with van der Waals surface area (Å²) in [5.74, 6) is 0. The van der Waals surface area contributed by atoms with Crippen LogP contribution in [0.15, 0.2) is 59.5 Å². The van der Waals surface area contributed by atoms with Crippen molar-refractivity contribution in [3.63, 3.8) is 0 Å². The first-order valence-electron chi connectivity index (χ1n) is 9.47. The van der Waals surface area contributed by atoms with E-state index in [9.17, 15) is 8.42 Å². The average molecular weight is 387 g/mol. The van der Waals surface area contributed by atoms with Crippen LogP contribution < -0.4 is 5.32 Å². The van der Waals surface area contributed by atoms with Crippen LogP contribution in [0.5, 0.6) is 0 Å². The summed E-state index contributed by atoms with van der Waals surface area (Å²) in [7, 11) is -3.66. The van der Waals surface area contributed by atoms with Gasteiger partial charge in [0.2, 0.25) is 10.0 Å². The van der Waals surface area contributed by atoms with Crippen molar-refractivity contribution in [2.24, 2.45) is 0 Å². The monoisotopic (exact) mass is 386 g/mol. The maximum absolute atomic E-state index is 13.7. The van der Waals surface area contributed by atoms with E-state index < -0.39 is 15.6 Å². The number of nitrogens with zero attached hydrogens (tertiary/aromatic N) is 1. The first-order valence-corrected chi connectivity index (χ1v) is 10.9. The zero-order valence-corrected chi connectivity index (χ0v) is 16.4. The smallest absolute Gasteiger partial charge is 0.244 e. The predicted molar refractivity (Wildman–Crippen MR) is 105 cm³/mol. The van der Waals surface area contributed by atoms with Gasteiger partial charge in [-0.15, -0.1) is 0 Å². The molecule has 1 atom stereocenters. The third-order valence-corrected chi connectivity index (χ3v) is 7.63. The number of nitrogens with one attached hydrogen (secondary N) is 1. The molecule has 144 valence electrons. The van der Waals surface area contributed by atoms with Gasteiger partial charge in [-0.05, 0) is 44.0 Å². The molecule has 0 bridgehead atoms. The van der Waals surface area contributed by atoms with E-state index in [2.05, 4.69) is 5.32 Å². The molecular weight excluding hydrogens is 360 g/mol. The number of ether oxygens (including phenoxy) is 1. The van der Waals surface area contributed by atoms with E-state index >= 15 is 0 Å². The number of rotatable bonds is 6. The number of hydrogen-bond acceptors (Lipinski definition) is 4. The van der Waals surface area contributed by atoms with E-state index in [0.29, 0.717) is 24.7 Å². The second-order valence-corrected chi connectivity index (χ2v) is 9.42. The molecule has 4 rings (SSSR count). The van der Waals surface area contributed by atoms with Crippen LogP contribution >= 0.6 is 0 Å². The Labute approximate surface area is 161 Å². The van der Waals surface area contributed by atoms with Gasteiger partial charge < -0.3 is 10.1 Å². The molecule has 2 saturated heterocycles. The van der Waals surface area contributed by atoms with Gasteiger partial charge >= 0.3 is 0 Å². The maximum atomic E-state index is 13.7. The Hall–Kier alpha value is -1.73. The fraction of sp³-hybridized carbons (Fsp3) is 0.429. The summed E-state index contributed by atoms with van der Waals surface area (Å²) in [5.41, 5.74) is 1.50. The molecule has 2 aliphatic rings. The zero-order valence-electron chi connectivity index (χ0n) is 15.6. The van der Waals surface area contributed by atoms with E-state index in [1.165, 1.54) is 0 Å². The minimum absolute atomic E-state index is 0.121. The van der Waals surface area contributed by atoms with Crippen LogP contribution in [0.4, 0.5) is 0 Å². The molecule has 2 heterocycles. The van der Waals surface area contributed by atoms with Crippen molar-refractivity contribution in [2.75, 3.05) is 19.8 Å². The Morgan fingerprint density at radius 3 is 2.37 bits per heavy atom. The predicted octanol–water partition coefficient (Wildman–Crippen LogP) is 2.71. The third kappa shape index (κ3) is 3.43. The Morgan fingerprint density at radius 2 is 1.81 bits per heavy atom. The lowest BCUT2D eigenvalue weighted by Crippen LogP contribution is -2.71. The van der Waals surface area contributed by atoms with Crippen LogP contribution in [-0.2, 0) is 21.3 Å². The van der Waals surface area contributed by atoms with Gasteiger partial charge in [-0.1, -0.05) is 48.0 Å². The second kappa shape index (κ2) is 7.36. The third-order valence-electron chi connectivity index (χ3n) is 5.69. The van der Waals surface area contributed by atoms with Gasteiger partial charge in [0.1, 0.15) is 0 Å². The van der Waals surface area contributed by atoms with Gasteiger partial charge in [0.25, 0.3) is 0 Å². The van der Waals surface area contributed by atoms with Crippen molar-refractivity contribution in [3.05, 3.63) is 65.7 Å². The molecule has 6 heteroatoms. The van der Waals surface area contributed by atoms with E-state index in [4.69, 9.17) is 4.74 Å². The van der Waals surface area contributed by atoms with Crippen LogP contribution in [-0.4, -0.2) is 44.1 Å². The molecule has 2 aromatic carbocycles. The highest BCUT2D eigenvalue weighted by molar-refractivity contribution is 7.89. The van der Waals surface area contributed by atoms with E-state index in [1.807, 2.05) is 49.4 Å². The van der Waals surface area contributed by atoms with Gasteiger partial charge in [0.05, 0.1) is 23.6 Å². The van der Waals surface area contributed by atoms with Crippen molar-refractivity contribution in [1.82, 2.24) is 9.62 Å². The summed E-state index contributed by atoms with van der Waals surface area (Å²) < 4.78 is 34.6. The number of sulfonamides is 1. The molecule has 0 aliphatic carbocycles. The summed E-state index contributed by atoms with van der Waals surface area (Å²) in [5, 5.41) is 3.51. The minimum atomic E-state index is -3.66. The maximum Gasteiger partial charge on any atom is 0.244 e. The Balaban J connectivity index is 1.76. The number of aryl methyl sites for hydroxylation is 1.